The molecule has 0 unspecified atom stereocenters. The van der Waals surface area contributed by atoms with Crippen LogP contribution in [0.4, 0.5) is 5.69 Å². The number of amides is 1. The van der Waals surface area contributed by atoms with E-state index >= 15 is 0 Å². The third-order valence-electron chi connectivity index (χ3n) is 3.91. The highest BCUT2D eigenvalue weighted by molar-refractivity contribution is 5.81. The SMILES string of the molecule is CN(CCCN)C(=O)CN1CCCCc2ccccc21. The van der Waals surface area contributed by atoms with Gasteiger partial charge in [-0.2, -0.15) is 0 Å². The van der Waals surface area contributed by atoms with E-state index in [9.17, 15) is 4.79 Å². The summed E-state index contributed by atoms with van der Waals surface area (Å²) in [5.41, 5.74) is 8.09. The van der Waals surface area contributed by atoms with E-state index in [1.165, 1.54) is 17.7 Å². The standard InChI is InChI=1S/C16H25N3O/c1-18(11-6-10-17)16(20)13-19-12-5-4-8-14-7-2-3-9-15(14)19/h2-3,7,9H,4-6,8,10-13,17H2,1H3. The molecule has 0 saturated carbocycles. The van der Waals surface area contributed by atoms with Crippen LogP contribution in [-0.2, 0) is 11.2 Å². The molecule has 20 heavy (non-hydrogen) atoms. The summed E-state index contributed by atoms with van der Waals surface area (Å²) in [6, 6.07) is 8.45. The molecule has 1 aliphatic rings. The lowest BCUT2D eigenvalue weighted by atomic mass is 10.1. The van der Waals surface area contributed by atoms with Crippen LogP contribution >= 0.6 is 0 Å². The summed E-state index contributed by atoms with van der Waals surface area (Å²) >= 11 is 0. The van der Waals surface area contributed by atoms with Crippen molar-refractivity contribution >= 4 is 11.6 Å². The molecular formula is C16H25N3O. The number of likely N-dealkylation sites (N-methyl/N-ethyl adjacent to an activating group) is 1. The van der Waals surface area contributed by atoms with E-state index in [1.807, 2.05) is 7.05 Å². The zero-order chi connectivity index (χ0) is 14.4. The molecule has 4 nitrogen and oxygen atoms in total. The third kappa shape index (κ3) is 3.73. The maximum atomic E-state index is 12.3. The molecule has 2 rings (SSSR count). The van der Waals surface area contributed by atoms with Gasteiger partial charge in [0.2, 0.25) is 5.91 Å². The van der Waals surface area contributed by atoms with Gasteiger partial charge in [-0.25, -0.2) is 0 Å². The van der Waals surface area contributed by atoms with E-state index < -0.39 is 0 Å². The Balaban J connectivity index is 2.03. The first-order valence-corrected chi connectivity index (χ1v) is 7.49. The molecular weight excluding hydrogens is 250 g/mol. The molecule has 0 atom stereocenters. The molecule has 0 aromatic heterocycles. The smallest absolute Gasteiger partial charge is 0.241 e. The molecule has 0 spiro atoms. The average Bonchev–Trinajstić information content (AvgIpc) is 2.67. The largest absolute Gasteiger partial charge is 0.362 e. The van der Waals surface area contributed by atoms with Crippen LogP contribution in [0.15, 0.2) is 24.3 Å². The molecule has 1 aromatic rings. The van der Waals surface area contributed by atoms with E-state index in [0.29, 0.717) is 13.1 Å². The topological polar surface area (TPSA) is 49.6 Å². The maximum Gasteiger partial charge on any atom is 0.241 e. The van der Waals surface area contributed by atoms with Gasteiger partial charge in [-0.05, 0) is 43.9 Å². The summed E-state index contributed by atoms with van der Waals surface area (Å²) < 4.78 is 0. The molecule has 110 valence electrons. The van der Waals surface area contributed by atoms with Gasteiger partial charge >= 0.3 is 0 Å². The second kappa shape index (κ2) is 7.29. The minimum absolute atomic E-state index is 0.176. The predicted molar refractivity (Wildman–Crippen MR) is 82.9 cm³/mol. The van der Waals surface area contributed by atoms with Crippen LogP contribution in [0, 0.1) is 0 Å². The summed E-state index contributed by atoms with van der Waals surface area (Å²) in [6.07, 6.45) is 4.32. The molecule has 0 fully saturated rings. The van der Waals surface area contributed by atoms with Gasteiger partial charge in [0.1, 0.15) is 0 Å². The van der Waals surface area contributed by atoms with Gasteiger partial charge in [-0.15, -0.1) is 0 Å². The highest BCUT2D eigenvalue weighted by atomic mass is 16.2. The number of nitrogens with two attached hydrogens (primary N) is 1. The van der Waals surface area contributed by atoms with Crippen molar-refractivity contribution < 1.29 is 4.79 Å². The van der Waals surface area contributed by atoms with E-state index in [2.05, 4.69) is 29.2 Å². The van der Waals surface area contributed by atoms with E-state index in [1.54, 1.807) is 4.90 Å². The van der Waals surface area contributed by atoms with Crippen molar-refractivity contribution in [3.63, 3.8) is 0 Å². The van der Waals surface area contributed by atoms with Gasteiger partial charge in [0, 0.05) is 25.8 Å². The molecule has 0 saturated heterocycles. The molecule has 1 aliphatic heterocycles. The highest BCUT2D eigenvalue weighted by Crippen LogP contribution is 2.25. The number of hydrogen-bond donors (Lipinski definition) is 1. The van der Waals surface area contributed by atoms with Crippen LogP contribution in [0.2, 0.25) is 0 Å². The predicted octanol–water partition coefficient (Wildman–Crippen LogP) is 1.64. The second-order valence-electron chi connectivity index (χ2n) is 5.46. The zero-order valence-electron chi connectivity index (χ0n) is 12.3. The quantitative estimate of drug-likeness (QED) is 0.888. The Morgan fingerprint density at radius 2 is 2.15 bits per heavy atom. The van der Waals surface area contributed by atoms with Gasteiger partial charge in [0.05, 0.1) is 6.54 Å². The van der Waals surface area contributed by atoms with Crippen LogP contribution in [0.1, 0.15) is 24.8 Å². The van der Waals surface area contributed by atoms with Crippen molar-refractivity contribution in [3.05, 3.63) is 29.8 Å². The number of carbonyl (C=O) groups is 1. The fraction of sp³-hybridized carbons (Fsp3) is 0.562. The number of carbonyl (C=O) groups excluding carboxylic acids is 1. The summed E-state index contributed by atoms with van der Waals surface area (Å²) in [6.45, 7) is 2.81. The van der Waals surface area contributed by atoms with Gasteiger partial charge < -0.3 is 15.5 Å². The van der Waals surface area contributed by atoms with Crippen LogP contribution in [-0.4, -0.2) is 44.0 Å². The molecule has 0 bridgehead atoms. The van der Waals surface area contributed by atoms with Gasteiger partial charge in [-0.1, -0.05) is 18.2 Å². The lowest BCUT2D eigenvalue weighted by molar-refractivity contribution is -0.128. The number of hydrogen-bond acceptors (Lipinski definition) is 3. The first-order valence-electron chi connectivity index (χ1n) is 7.49. The molecule has 0 radical (unpaired) electrons. The molecule has 0 aliphatic carbocycles. The Kier molecular flexibility index (Phi) is 5.41. The van der Waals surface area contributed by atoms with Crippen molar-refractivity contribution in [1.29, 1.82) is 0 Å². The fourth-order valence-electron chi connectivity index (χ4n) is 2.67. The molecule has 4 heteroatoms. The average molecular weight is 275 g/mol. The Bertz CT molecular complexity index is 447. The monoisotopic (exact) mass is 275 g/mol. The van der Waals surface area contributed by atoms with Gasteiger partial charge in [-0.3, -0.25) is 4.79 Å². The van der Waals surface area contributed by atoms with Crippen molar-refractivity contribution in [3.8, 4) is 0 Å². The number of nitrogens with zero attached hydrogens (tertiary/aromatic N) is 2. The minimum Gasteiger partial charge on any atom is -0.362 e. The second-order valence-corrected chi connectivity index (χ2v) is 5.46. The highest BCUT2D eigenvalue weighted by Gasteiger charge is 2.18. The molecule has 2 N–H and O–H groups in total. The maximum absolute atomic E-state index is 12.3. The lowest BCUT2D eigenvalue weighted by Gasteiger charge is -2.27. The summed E-state index contributed by atoms with van der Waals surface area (Å²) in [5, 5.41) is 0. The fourth-order valence-corrected chi connectivity index (χ4v) is 2.67. The summed E-state index contributed by atoms with van der Waals surface area (Å²) in [5.74, 6) is 0.176. The van der Waals surface area contributed by atoms with E-state index in [-0.39, 0.29) is 5.91 Å². The van der Waals surface area contributed by atoms with Gasteiger partial charge in [0.25, 0.3) is 0 Å². The lowest BCUT2D eigenvalue weighted by Crippen LogP contribution is -2.39. The van der Waals surface area contributed by atoms with E-state index in [0.717, 1.165) is 32.4 Å². The number of rotatable bonds is 5. The normalized spacial score (nSPS) is 14.6. The minimum atomic E-state index is 0.176. The summed E-state index contributed by atoms with van der Waals surface area (Å²) in [4.78, 5) is 16.3. The van der Waals surface area contributed by atoms with E-state index in [4.69, 9.17) is 5.73 Å². The molecule has 1 aromatic carbocycles. The van der Waals surface area contributed by atoms with Crippen LogP contribution in [0.5, 0.6) is 0 Å². The number of para-hydroxylation sites is 1. The van der Waals surface area contributed by atoms with Crippen LogP contribution in [0.3, 0.4) is 0 Å². The van der Waals surface area contributed by atoms with Gasteiger partial charge in [0.15, 0.2) is 0 Å². The number of benzene rings is 1. The van der Waals surface area contributed by atoms with Crippen LogP contribution in [0.25, 0.3) is 0 Å². The number of anilines is 1. The van der Waals surface area contributed by atoms with Crippen molar-refractivity contribution in [2.24, 2.45) is 5.73 Å². The van der Waals surface area contributed by atoms with Crippen molar-refractivity contribution in [1.82, 2.24) is 4.90 Å². The summed E-state index contributed by atoms with van der Waals surface area (Å²) in [7, 11) is 1.86. The Morgan fingerprint density at radius 1 is 1.35 bits per heavy atom. The first-order chi connectivity index (χ1) is 9.72. The Hall–Kier alpha value is -1.55. The Labute approximate surface area is 121 Å². The number of aryl methyl sites for hydroxylation is 1. The zero-order valence-corrected chi connectivity index (χ0v) is 12.3. The molecule has 1 amide bonds. The number of fused-ring (bicyclic) bond motifs is 1. The molecule has 1 heterocycles. The Morgan fingerprint density at radius 3 is 2.95 bits per heavy atom. The van der Waals surface area contributed by atoms with Crippen LogP contribution < -0.4 is 10.6 Å². The van der Waals surface area contributed by atoms with Crippen molar-refractivity contribution in [2.45, 2.75) is 25.7 Å². The third-order valence-corrected chi connectivity index (χ3v) is 3.91. The van der Waals surface area contributed by atoms with Crippen molar-refractivity contribution in [2.75, 3.05) is 38.1 Å². The first kappa shape index (κ1) is 14.9.